The van der Waals surface area contributed by atoms with E-state index in [1.165, 1.54) is 12.1 Å². The second-order valence-corrected chi connectivity index (χ2v) is 5.32. The summed E-state index contributed by atoms with van der Waals surface area (Å²) in [6.07, 6.45) is -4.02. The molecule has 0 atom stereocenters. The van der Waals surface area contributed by atoms with Gasteiger partial charge in [-0.3, -0.25) is 9.59 Å². The summed E-state index contributed by atoms with van der Waals surface area (Å²) < 4.78 is 38.6. The molecule has 0 aliphatic heterocycles. The molecule has 0 unspecified atom stereocenters. The maximum Gasteiger partial charge on any atom is 0.417 e. The molecule has 4 nitrogen and oxygen atoms in total. The fourth-order valence-electron chi connectivity index (χ4n) is 1.77. The maximum absolute atomic E-state index is 12.6. The number of nitrogens with one attached hydrogen (secondary N) is 1. The number of alkyl halides is 3. The topological polar surface area (TPSA) is 51.1 Å². The molecule has 23 heavy (non-hydrogen) atoms. The average molecular weight is 365 g/mol. The largest absolute Gasteiger partial charge is 0.417 e. The lowest BCUT2D eigenvalue weighted by Gasteiger charge is -2.12. The number of aromatic nitrogens is 1. The van der Waals surface area contributed by atoms with Gasteiger partial charge in [0, 0.05) is 12.3 Å². The van der Waals surface area contributed by atoms with Gasteiger partial charge in [-0.2, -0.15) is 13.2 Å². The van der Waals surface area contributed by atoms with Gasteiger partial charge in [-0.15, -0.1) is 0 Å². The Kier molecular flexibility index (Phi) is 5.01. The van der Waals surface area contributed by atoms with Crippen molar-refractivity contribution in [3.63, 3.8) is 0 Å². The number of rotatable bonds is 3. The number of anilines is 1. The van der Waals surface area contributed by atoms with Crippen LogP contribution in [0.2, 0.25) is 10.0 Å². The summed E-state index contributed by atoms with van der Waals surface area (Å²) >= 11 is 11.7. The molecule has 0 aliphatic rings. The number of amides is 1. The fraction of sp³-hybridized carbons (Fsp3) is 0.143. The Bertz CT molecular complexity index is 803. The molecule has 1 aromatic carbocycles. The molecule has 0 spiro atoms. The van der Waals surface area contributed by atoms with Crippen LogP contribution < -0.4 is 10.9 Å². The van der Waals surface area contributed by atoms with E-state index in [9.17, 15) is 22.8 Å². The summed E-state index contributed by atoms with van der Waals surface area (Å²) in [5.74, 6) is -0.712. The number of carbonyl (C=O) groups excluding carboxylic acids is 1. The molecule has 0 saturated carbocycles. The van der Waals surface area contributed by atoms with E-state index in [1.807, 2.05) is 0 Å². The van der Waals surface area contributed by atoms with Crippen LogP contribution in [0.4, 0.5) is 18.9 Å². The van der Waals surface area contributed by atoms with Gasteiger partial charge in [-0.25, -0.2) is 0 Å². The van der Waals surface area contributed by atoms with Crippen molar-refractivity contribution in [2.45, 2.75) is 12.7 Å². The highest BCUT2D eigenvalue weighted by molar-refractivity contribution is 6.43. The zero-order valence-corrected chi connectivity index (χ0v) is 12.8. The van der Waals surface area contributed by atoms with Gasteiger partial charge in [0.1, 0.15) is 6.54 Å². The monoisotopic (exact) mass is 364 g/mol. The first-order valence-corrected chi connectivity index (χ1v) is 6.95. The standard InChI is InChI=1S/C14H9Cl2F3N2O2/c15-9-2-1-3-10(13(9)16)20-11(22)7-21-6-8(14(17,18)19)4-5-12(21)23/h1-6H,7H2,(H,20,22). The van der Waals surface area contributed by atoms with Crippen LogP contribution in [-0.4, -0.2) is 10.5 Å². The van der Waals surface area contributed by atoms with E-state index in [4.69, 9.17) is 23.2 Å². The van der Waals surface area contributed by atoms with Crippen LogP contribution in [0.15, 0.2) is 41.3 Å². The Morgan fingerprint density at radius 2 is 1.87 bits per heavy atom. The Hall–Kier alpha value is -1.99. The van der Waals surface area contributed by atoms with Gasteiger partial charge in [-0.05, 0) is 18.2 Å². The van der Waals surface area contributed by atoms with Crippen molar-refractivity contribution in [2.24, 2.45) is 0 Å². The summed E-state index contributed by atoms with van der Waals surface area (Å²) in [7, 11) is 0. The van der Waals surface area contributed by atoms with Gasteiger partial charge in [0.15, 0.2) is 0 Å². The molecular formula is C14H9Cl2F3N2O2. The van der Waals surface area contributed by atoms with Crippen molar-refractivity contribution in [3.8, 4) is 0 Å². The van der Waals surface area contributed by atoms with Crippen LogP contribution in [0, 0.1) is 0 Å². The number of hydrogen-bond acceptors (Lipinski definition) is 2. The van der Waals surface area contributed by atoms with Crippen molar-refractivity contribution >= 4 is 34.8 Å². The molecule has 1 amide bonds. The van der Waals surface area contributed by atoms with Crippen molar-refractivity contribution in [3.05, 3.63) is 62.5 Å². The van der Waals surface area contributed by atoms with E-state index in [2.05, 4.69) is 5.32 Å². The molecule has 9 heteroatoms. The Balaban J connectivity index is 2.20. The first-order valence-electron chi connectivity index (χ1n) is 6.20. The average Bonchev–Trinajstić information content (AvgIpc) is 2.45. The molecule has 1 aromatic heterocycles. The molecule has 0 fully saturated rings. The first kappa shape index (κ1) is 17.4. The minimum atomic E-state index is -4.61. The zero-order chi connectivity index (χ0) is 17.2. The van der Waals surface area contributed by atoms with E-state index < -0.39 is 29.8 Å². The summed E-state index contributed by atoms with van der Waals surface area (Å²) in [5, 5.41) is 2.69. The highest BCUT2D eigenvalue weighted by atomic mass is 35.5. The minimum absolute atomic E-state index is 0.0962. The highest BCUT2D eigenvalue weighted by Crippen LogP contribution is 2.30. The molecular weight excluding hydrogens is 356 g/mol. The number of hydrogen-bond donors (Lipinski definition) is 1. The predicted molar refractivity (Wildman–Crippen MR) is 80.8 cm³/mol. The molecule has 0 saturated heterocycles. The van der Waals surface area contributed by atoms with E-state index in [0.717, 1.165) is 6.07 Å². The summed E-state index contributed by atoms with van der Waals surface area (Å²) in [6, 6.07) is 5.94. The van der Waals surface area contributed by atoms with Gasteiger partial charge in [0.05, 0.1) is 21.3 Å². The first-order chi connectivity index (χ1) is 10.7. The van der Waals surface area contributed by atoms with Crippen molar-refractivity contribution in [1.82, 2.24) is 4.57 Å². The molecule has 2 aromatic rings. The van der Waals surface area contributed by atoms with Gasteiger partial charge in [0.2, 0.25) is 5.91 Å². The lowest BCUT2D eigenvalue weighted by molar-refractivity contribution is -0.138. The van der Waals surface area contributed by atoms with Crippen LogP contribution in [0.3, 0.4) is 0 Å². The number of benzene rings is 1. The smallest absolute Gasteiger partial charge is 0.323 e. The van der Waals surface area contributed by atoms with Gasteiger partial charge < -0.3 is 9.88 Å². The third-order valence-corrected chi connectivity index (χ3v) is 3.67. The summed E-state index contributed by atoms with van der Waals surface area (Å²) in [5.41, 5.74) is -1.56. The fourth-order valence-corrected chi connectivity index (χ4v) is 2.12. The van der Waals surface area contributed by atoms with E-state index in [-0.39, 0.29) is 15.7 Å². The zero-order valence-electron chi connectivity index (χ0n) is 11.3. The Morgan fingerprint density at radius 3 is 2.52 bits per heavy atom. The summed E-state index contributed by atoms with van der Waals surface area (Å²) in [4.78, 5) is 23.5. The van der Waals surface area contributed by atoms with Crippen LogP contribution in [0.5, 0.6) is 0 Å². The van der Waals surface area contributed by atoms with Gasteiger partial charge >= 0.3 is 6.18 Å². The van der Waals surface area contributed by atoms with E-state index in [1.54, 1.807) is 6.07 Å². The minimum Gasteiger partial charge on any atom is -0.323 e. The lowest BCUT2D eigenvalue weighted by Crippen LogP contribution is -2.28. The number of halogens is 5. The Morgan fingerprint density at radius 1 is 1.17 bits per heavy atom. The lowest BCUT2D eigenvalue weighted by atomic mass is 10.2. The van der Waals surface area contributed by atoms with Crippen molar-refractivity contribution in [1.29, 1.82) is 0 Å². The SMILES string of the molecule is O=C(Cn1cc(C(F)(F)F)ccc1=O)Nc1cccc(Cl)c1Cl. The third-order valence-electron chi connectivity index (χ3n) is 2.85. The van der Waals surface area contributed by atoms with E-state index >= 15 is 0 Å². The number of pyridine rings is 1. The molecule has 0 aliphatic carbocycles. The van der Waals surface area contributed by atoms with Crippen LogP contribution in [0.1, 0.15) is 5.56 Å². The van der Waals surface area contributed by atoms with Gasteiger partial charge in [0.25, 0.3) is 5.56 Å². The molecule has 1 N–H and O–H groups in total. The normalized spacial score (nSPS) is 11.3. The molecule has 0 radical (unpaired) electrons. The van der Waals surface area contributed by atoms with E-state index in [0.29, 0.717) is 16.8 Å². The van der Waals surface area contributed by atoms with Crippen LogP contribution in [0.25, 0.3) is 0 Å². The highest BCUT2D eigenvalue weighted by Gasteiger charge is 2.31. The third kappa shape index (κ3) is 4.27. The van der Waals surface area contributed by atoms with Crippen LogP contribution in [-0.2, 0) is 17.5 Å². The second-order valence-electron chi connectivity index (χ2n) is 4.53. The van der Waals surface area contributed by atoms with Crippen molar-refractivity contribution in [2.75, 3.05) is 5.32 Å². The molecule has 122 valence electrons. The van der Waals surface area contributed by atoms with Crippen LogP contribution >= 0.6 is 23.2 Å². The van der Waals surface area contributed by atoms with Gasteiger partial charge in [-0.1, -0.05) is 29.3 Å². The molecule has 1 heterocycles. The number of carbonyl (C=O) groups is 1. The summed E-state index contributed by atoms with van der Waals surface area (Å²) in [6.45, 7) is -0.592. The number of nitrogens with zero attached hydrogens (tertiary/aromatic N) is 1. The quantitative estimate of drug-likeness (QED) is 0.899. The second kappa shape index (κ2) is 6.64. The van der Waals surface area contributed by atoms with Crippen molar-refractivity contribution < 1.29 is 18.0 Å². The predicted octanol–water partition coefficient (Wildman–Crippen LogP) is 3.81. The maximum atomic E-state index is 12.6. The molecule has 0 bridgehead atoms. The Labute approximate surface area is 138 Å². The molecule has 2 rings (SSSR count).